The molecule has 0 radical (unpaired) electrons. The van der Waals surface area contributed by atoms with Crippen molar-refractivity contribution in [1.82, 2.24) is 4.90 Å². The van der Waals surface area contributed by atoms with E-state index < -0.39 is 21.3 Å². The summed E-state index contributed by atoms with van der Waals surface area (Å²) >= 11 is 0. The van der Waals surface area contributed by atoms with Gasteiger partial charge in [0.25, 0.3) is 5.91 Å². The number of ketones is 1. The van der Waals surface area contributed by atoms with E-state index in [2.05, 4.69) is 0 Å². The molecule has 0 bridgehead atoms. The molecule has 1 amide bonds. The number of hydrogen-bond donors (Lipinski definition) is 0. The first-order chi connectivity index (χ1) is 9.63. The molecule has 118 valence electrons. The average Bonchev–Trinajstić information content (AvgIpc) is 2.67. The van der Waals surface area contributed by atoms with E-state index in [1.807, 2.05) is 0 Å². The smallest absolute Gasteiger partial charge is 0.289 e. The fourth-order valence-electron chi connectivity index (χ4n) is 2.82. The lowest BCUT2D eigenvalue weighted by Gasteiger charge is -2.33. The minimum Gasteiger partial charge on any atom is -0.481 e. The lowest BCUT2D eigenvalue weighted by Crippen LogP contribution is -2.44. The number of ether oxygens (including phenoxy) is 1. The molecule has 1 fully saturated rings. The molecular weight excluding hydrogens is 294 g/mol. The summed E-state index contributed by atoms with van der Waals surface area (Å²) in [7, 11) is -3.07. The number of nitrogens with zero attached hydrogens (tertiary/aromatic N) is 1. The summed E-state index contributed by atoms with van der Waals surface area (Å²) in [5, 5.41) is 0. The second-order valence-electron chi connectivity index (χ2n) is 6.16. The van der Waals surface area contributed by atoms with Crippen LogP contribution in [0.15, 0.2) is 11.8 Å². The van der Waals surface area contributed by atoms with E-state index in [4.69, 9.17) is 4.74 Å². The Bertz CT molecular complexity index is 590. The lowest BCUT2D eigenvalue weighted by molar-refractivity contribution is -0.139. The van der Waals surface area contributed by atoms with Crippen LogP contribution in [0.2, 0.25) is 0 Å². The molecule has 0 aromatic rings. The van der Waals surface area contributed by atoms with Gasteiger partial charge in [0, 0.05) is 25.1 Å². The first-order valence-corrected chi connectivity index (χ1v) is 8.90. The molecular formula is C14H21NO5S. The Morgan fingerprint density at radius 2 is 2.14 bits per heavy atom. The predicted molar refractivity (Wildman–Crippen MR) is 77.3 cm³/mol. The number of rotatable bonds is 3. The molecule has 0 N–H and O–H groups in total. The van der Waals surface area contributed by atoms with Crippen LogP contribution in [0.25, 0.3) is 0 Å². The highest BCUT2D eigenvalue weighted by Crippen LogP contribution is 2.27. The monoisotopic (exact) mass is 315 g/mol. The molecule has 6 nitrogen and oxygen atoms in total. The fraction of sp³-hybridized carbons (Fsp3) is 0.714. The van der Waals surface area contributed by atoms with Crippen molar-refractivity contribution in [2.24, 2.45) is 0 Å². The van der Waals surface area contributed by atoms with Gasteiger partial charge in [-0.25, -0.2) is 8.42 Å². The van der Waals surface area contributed by atoms with Gasteiger partial charge in [-0.1, -0.05) is 0 Å². The summed E-state index contributed by atoms with van der Waals surface area (Å²) < 4.78 is 28.8. The highest BCUT2D eigenvalue weighted by atomic mass is 32.2. The SMILES string of the molecule is CCN(C(=O)C1=CC(=O)CC(C)(C)O1)C1CCS(=O)(=O)C1. The van der Waals surface area contributed by atoms with Gasteiger partial charge in [0.2, 0.25) is 0 Å². The van der Waals surface area contributed by atoms with Gasteiger partial charge in [0.1, 0.15) is 5.60 Å². The fourth-order valence-corrected chi connectivity index (χ4v) is 4.55. The quantitative estimate of drug-likeness (QED) is 0.765. The number of likely N-dealkylation sites (N-methyl/N-ethyl adjacent to an activating group) is 1. The van der Waals surface area contributed by atoms with Crippen molar-refractivity contribution in [3.8, 4) is 0 Å². The number of allylic oxidation sites excluding steroid dienone is 1. The molecule has 1 saturated heterocycles. The Morgan fingerprint density at radius 1 is 1.48 bits per heavy atom. The third kappa shape index (κ3) is 3.64. The van der Waals surface area contributed by atoms with Crippen LogP contribution in [0.1, 0.15) is 33.6 Å². The van der Waals surface area contributed by atoms with Crippen LogP contribution >= 0.6 is 0 Å². The van der Waals surface area contributed by atoms with Gasteiger partial charge in [-0.15, -0.1) is 0 Å². The van der Waals surface area contributed by atoms with E-state index in [0.29, 0.717) is 13.0 Å². The van der Waals surface area contributed by atoms with Gasteiger partial charge in [0.05, 0.1) is 11.5 Å². The molecule has 0 saturated carbocycles. The van der Waals surface area contributed by atoms with Crippen molar-refractivity contribution in [3.05, 3.63) is 11.8 Å². The third-order valence-electron chi connectivity index (χ3n) is 3.74. The summed E-state index contributed by atoms with van der Waals surface area (Å²) in [6, 6.07) is -0.336. The summed E-state index contributed by atoms with van der Waals surface area (Å²) in [4.78, 5) is 25.7. The number of sulfone groups is 1. The largest absolute Gasteiger partial charge is 0.481 e. The van der Waals surface area contributed by atoms with E-state index >= 15 is 0 Å². The minimum absolute atomic E-state index is 0.0161. The number of carbonyl (C=O) groups excluding carboxylic acids is 2. The normalized spacial score (nSPS) is 26.9. The molecule has 0 aromatic carbocycles. The average molecular weight is 315 g/mol. The highest BCUT2D eigenvalue weighted by molar-refractivity contribution is 7.91. The zero-order valence-electron chi connectivity index (χ0n) is 12.6. The maximum Gasteiger partial charge on any atom is 0.289 e. The Kier molecular flexibility index (Phi) is 4.15. The molecule has 2 heterocycles. The summed E-state index contributed by atoms with van der Waals surface area (Å²) in [6.45, 7) is 5.68. The highest BCUT2D eigenvalue weighted by Gasteiger charge is 2.38. The van der Waals surface area contributed by atoms with Crippen LogP contribution in [-0.4, -0.2) is 54.7 Å². The van der Waals surface area contributed by atoms with Crippen LogP contribution in [0.4, 0.5) is 0 Å². The van der Waals surface area contributed by atoms with Crippen molar-refractivity contribution in [2.45, 2.75) is 45.3 Å². The maximum atomic E-state index is 12.5. The van der Waals surface area contributed by atoms with Crippen molar-refractivity contribution in [2.75, 3.05) is 18.1 Å². The van der Waals surface area contributed by atoms with Crippen molar-refractivity contribution >= 4 is 21.5 Å². The third-order valence-corrected chi connectivity index (χ3v) is 5.49. The van der Waals surface area contributed by atoms with Gasteiger partial charge in [-0.2, -0.15) is 0 Å². The van der Waals surface area contributed by atoms with Crippen molar-refractivity contribution in [1.29, 1.82) is 0 Å². The van der Waals surface area contributed by atoms with E-state index in [1.165, 1.54) is 11.0 Å². The predicted octanol–water partition coefficient (Wildman–Crippen LogP) is 0.674. The van der Waals surface area contributed by atoms with E-state index in [1.54, 1.807) is 20.8 Å². The van der Waals surface area contributed by atoms with Gasteiger partial charge in [0.15, 0.2) is 21.4 Å². The van der Waals surface area contributed by atoms with Gasteiger partial charge in [-0.05, 0) is 27.2 Å². The summed E-state index contributed by atoms with van der Waals surface area (Å²) in [5.41, 5.74) is -0.710. The molecule has 7 heteroatoms. The molecule has 1 unspecified atom stereocenters. The maximum absolute atomic E-state index is 12.5. The number of hydrogen-bond acceptors (Lipinski definition) is 5. The Morgan fingerprint density at radius 3 is 2.62 bits per heavy atom. The van der Waals surface area contributed by atoms with E-state index in [0.717, 1.165) is 0 Å². The zero-order valence-corrected chi connectivity index (χ0v) is 13.4. The van der Waals surface area contributed by atoms with Gasteiger partial charge < -0.3 is 9.64 Å². The first kappa shape index (κ1) is 16.0. The second kappa shape index (κ2) is 5.44. The van der Waals surface area contributed by atoms with Crippen molar-refractivity contribution < 1.29 is 22.7 Å². The Labute approximate surface area is 125 Å². The molecule has 0 aromatic heterocycles. The molecule has 0 spiro atoms. The Balaban J connectivity index is 2.19. The molecule has 2 aliphatic heterocycles. The van der Waals surface area contributed by atoms with Crippen molar-refractivity contribution in [3.63, 3.8) is 0 Å². The lowest BCUT2D eigenvalue weighted by atomic mass is 9.98. The number of carbonyl (C=O) groups is 2. The van der Waals surface area contributed by atoms with Crippen LogP contribution in [-0.2, 0) is 24.2 Å². The van der Waals surface area contributed by atoms with Crippen LogP contribution in [0, 0.1) is 0 Å². The van der Waals surface area contributed by atoms with Gasteiger partial charge in [-0.3, -0.25) is 9.59 Å². The molecule has 2 rings (SSSR count). The standard InChI is InChI=1S/C14H21NO5S/c1-4-15(10-5-6-21(18,19)9-10)13(17)12-7-11(16)8-14(2,3)20-12/h7,10H,4-6,8-9H2,1-3H3. The number of amides is 1. The van der Waals surface area contributed by atoms with Crippen LogP contribution in [0.3, 0.4) is 0 Å². The molecule has 1 atom stereocenters. The van der Waals surface area contributed by atoms with Crippen LogP contribution < -0.4 is 0 Å². The van der Waals surface area contributed by atoms with E-state index in [-0.39, 0.29) is 35.5 Å². The molecule has 0 aliphatic carbocycles. The molecule has 2 aliphatic rings. The topological polar surface area (TPSA) is 80.8 Å². The minimum atomic E-state index is -3.07. The second-order valence-corrected chi connectivity index (χ2v) is 8.39. The molecule has 21 heavy (non-hydrogen) atoms. The zero-order chi connectivity index (χ0) is 15.8. The summed E-state index contributed by atoms with van der Waals surface area (Å²) in [6.07, 6.45) is 1.89. The van der Waals surface area contributed by atoms with Crippen LogP contribution in [0.5, 0.6) is 0 Å². The van der Waals surface area contributed by atoms with E-state index in [9.17, 15) is 18.0 Å². The first-order valence-electron chi connectivity index (χ1n) is 7.08. The summed E-state index contributed by atoms with van der Waals surface area (Å²) in [5.74, 6) is -0.448. The van der Waals surface area contributed by atoms with Gasteiger partial charge >= 0.3 is 0 Å². The Hall–Kier alpha value is -1.37.